The molecule has 3 heterocycles. The number of hydrogen-bond donors (Lipinski definition) is 0. The smallest absolute Gasteiger partial charge is 0.266 e. The number of anilines is 1. The van der Waals surface area contributed by atoms with Gasteiger partial charge in [-0.05, 0) is 96.9 Å². The van der Waals surface area contributed by atoms with E-state index in [1.165, 1.54) is 21.9 Å². The Hall–Kier alpha value is -7.23. The standard InChI is InChI=1S/C46H28N4O2/c1-28-14-18-32(19-15-28)48-41-12-6-4-8-34(41)38-25-29(16-21-43(38)48)30-17-22-44-39(26-30)35-9-5-7-13-42(35)50(44)40-23-20-33(24-31(40)27-47)49-45(51)36-10-2-3-11-37(36)46(49)52/h2-26H,1H3. The minimum Gasteiger partial charge on any atom is -0.309 e. The fourth-order valence-corrected chi connectivity index (χ4v) is 7.91. The van der Waals surface area contributed by atoms with Gasteiger partial charge >= 0.3 is 0 Å². The van der Waals surface area contributed by atoms with Crippen molar-refractivity contribution in [2.24, 2.45) is 0 Å². The Kier molecular flexibility index (Phi) is 6.36. The highest BCUT2D eigenvalue weighted by Gasteiger charge is 2.36. The fraction of sp³-hybridized carbons (Fsp3) is 0.0217. The number of amides is 2. The predicted octanol–water partition coefficient (Wildman–Crippen LogP) is 10.5. The minimum absolute atomic E-state index is 0.358. The Labute approximate surface area is 298 Å². The summed E-state index contributed by atoms with van der Waals surface area (Å²) in [6.45, 7) is 2.11. The summed E-state index contributed by atoms with van der Waals surface area (Å²) in [4.78, 5) is 27.7. The van der Waals surface area contributed by atoms with Crippen molar-refractivity contribution in [3.63, 3.8) is 0 Å². The van der Waals surface area contributed by atoms with Crippen molar-refractivity contribution in [2.45, 2.75) is 6.92 Å². The molecule has 1 aliphatic rings. The number of para-hydroxylation sites is 2. The predicted molar refractivity (Wildman–Crippen MR) is 208 cm³/mol. The second-order valence-corrected chi connectivity index (χ2v) is 13.3. The highest BCUT2D eigenvalue weighted by Crippen LogP contribution is 2.39. The average molecular weight is 669 g/mol. The normalized spacial score (nSPS) is 12.7. The molecule has 9 aromatic rings. The van der Waals surface area contributed by atoms with Crippen LogP contribution in [0.25, 0.3) is 66.1 Å². The van der Waals surface area contributed by atoms with Crippen LogP contribution < -0.4 is 4.90 Å². The van der Waals surface area contributed by atoms with Crippen LogP contribution in [-0.2, 0) is 0 Å². The number of carbonyl (C=O) groups excluding carboxylic acids is 2. The van der Waals surface area contributed by atoms with Crippen LogP contribution in [0, 0.1) is 18.3 Å². The van der Waals surface area contributed by atoms with E-state index in [0.717, 1.165) is 49.0 Å². The molecule has 0 atom stereocenters. The highest BCUT2D eigenvalue weighted by molar-refractivity contribution is 6.34. The molecule has 0 saturated carbocycles. The van der Waals surface area contributed by atoms with Crippen LogP contribution in [0.15, 0.2) is 152 Å². The molecule has 2 amide bonds. The lowest BCUT2D eigenvalue weighted by Crippen LogP contribution is -2.29. The molecule has 7 aromatic carbocycles. The van der Waals surface area contributed by atoms with E-state index in [2.05, 4.69) is 119 Å². The number of carbonyl (C=O) groups is 2. The Morgan fingerprint density at radius 3 is 1.58 bits per heavy atom. The van der Waals surface area contributed by atoms with E-state index in [1.54, 1.807) is 36.4 Å². The van der Waals surface area contributed by atoms with Gasteiger partial charge in [0.2, 0.25) is 0 Å². The summed E-state index contributed by atoms with van der Waals surface area (Å²) in [7, 11) is 0. The molecular weight excluding hydrogens is 641 g/mol. The Morgan fingerprint density at radius 1 is 0.481 bits per heavy atom. The van der Waals surface area contributed by atoms with Gasteiger partial charge in [-0.2, -0.15) is 5.26 Å². The molecule has 244 valence electrons. The summed E-state index contributed by atoms with van der Waals surface area (Å²) < 4.78 is 4.43. The molecule has 2 aromatic heterocycles. The Morgan fingerprint density at radius 2 is 0.981 bits per heavy atom. The third-order valence-corrected chi connectivity index (χ3v) is 10.4. The van der Waals surface area contributed by atoms with Gasteiger partial charge in [-0.3, -0.25) is 9.59 Å². The van der Waals surface area contributed by atoms with E-state index in [-0.39, 0.29) is 11.8 Å². The zero-order valence-electron chi connectivity index (χ0n) is 28.0. The van der Waals surface area contributed by atoms with Gasteiger partial charge in [-0.25, -0.2) is 4.90 Å². The third-order valence-electron chi connectivity index (χ3n) is 10.4. The first-order valence-corrected chi connectivity index (χ1v) is 17.2. The van der Waals surface area contributed by atoms with Crippen molar-refractivity contribution in [3.05, 3.63) is 174 Å². The molecule has 0 fully saturated rings. The quantitative estimate of drug-likeness (QED) is 0.175. The van der Waals surface area contributed by atoms with Crippen LogP contribution in [0.5, 0.6) is 0 Å². The molecular formula is C46H28N4O2. The number of aromatic nitrogens is 2. The summed E-state index contributed by atoms with van der Waals surface area (Å²) >= 11 is 0. The molecule has 0 unspecified atom stereocenters. The molecule has 0 bridgehead atoms. The average Bonchev–Trinajstić information content (AvgIpc) is 3.79. The van der Waals surface area contributed by atoms with Crippen molar-refractivity contribution < 1.29 is 9.59 Å². The molecule has 0 N–H and O–H groups in total. The van der Waals surface area contributed by atoms with E-state index < -0.39 is 0 Å². The summed E-state index contributed by atoms with van der Waals surface area (Å²) in [6, 6.07) is 52.9. The first kappa shape index (κ1) is 29.7. The van der Waals surface area contributed by atoms with Crippen molar-refractivity contribution in [3.8, 4) is 28.6 Å². The van der Waals surface area contributed by atoms with E-state index in [4.69, 9.17) is 0 Å². The lowest BCUT2D eigenvalue weighted by atomic mass is 10.0. The molecule has 0 aliphatic carbocycles. The van der Waals surface area contributed by atoms with Gasteiger partial charge in [0.25, 0.3) is 11.8 Å². The van der Waals surface area contributed by atoms with Crippen LogP contribution in [0.1, 0.15) is 31.8 Å². The molecule has 52 heavy (non-hydrogen) atoms. The lowest BCUT2D eigenvalue weighted by molar-refractivity contribution is 0.0926. The first-order chi connectivity index (χ1) is 25.5. The third kappa shape index (κ3) is 4.23. The van der Waals surface area contributed by atoms with Crippen LogP contribution in [0.4, 0.5) is 5.69 Å². The summed E-state index contributed by atoms with van der Waals surface area (Å²) in [5.74, 6) is -0.779. The zero-order chi connectivity index (χ0) is 35.1. The highest BCUT2D eigenvalue weighted by atomic mass is 16.2. The summed E-state index contributed by atoms with van der Waals surface area (Å²) in [5.41, 5.74) is 10.9. The second kappa shape index (κ2) is 11.1. The number of nitriles is 1. The van der Waals surface area contributed by atoms with Gasteiger partial charge in [0.1, 0.15) is 6.07 Å². The van der Waals surface area contributed by atoms with E-state index in [9.17, 15) is 14.9 Å². The monoisotopic (exact) mass is 668 g/mol. The van der Waals surface area contributed by atoms with Crippen LogP contribution in [0.3, 0.4) is 0 Å². The molecule has 6 heteroatoms. The van der Waals surface area contributed by atoms with Crippen molar-refractivity contribution in [1.29, 1.82) is 5.26 Å². The van der Waals surface area contributed by atoms with Crippen LogP contribution >= 0.6 is 0 Å². The fourth-order valence-electron chi connectivity index (χ4n) is 7.91. The minimum atomic E-state index is -0.389. The molecule has 6 nitrogen and oxygen atoms in total. The number of imide groups is 1. The molecule has 0 radical (unpaired) electrons. The molecule has 0 spiro atoms. The summed E-state index contributed by atoms with van der Waals surface area (Å²) in [6.07, 6.45) is 0. The molecule has 1 aliphatic heterocycles. The maximum Gasteiger partial charge on any atom is 0.266 e. The maximum atomic E-state index is 13.2. The van der Waals surface area contributed by atoms with E-state index in [1.807, 2.05) is 18.2 Å². The molecule has 10 rings (SSSR count). The van der Waals surface area contributed by atoms with Crippen LogP contribution in [-0.4, -0.2) is 20.9 Å². The number of benzene rings is 7. The van der Waals surface area contributed by atoms with Gasteiger partial charge in [-0.1, -0.05) is 78.4 Å². The number of rotatable bonds is 4. The van der Waals surface area contributed by atoms with Crippen molar-refractivity contribution in [1.82, 2.24) is 9.13 Å². The number of nitrogens with zero attached hydrogens (tertiary/aromatic N) is 4. The van der Waals surface area contributed by atoms with E-state index >= 15 is 0 Å². The Bertz CT molecular complexity index is 3000. The van der Waals surface area contributed by atoms with Gasteiger partial charge in [0, 0.05) is 27.2 Å². The number of fused-ring (bicyclic) bond motifs is 7. The van der Waals surface area contributed by atoms with Gasteiger partial charge in [0.15, 0.2) is 0 Å². The first-order valence-electron chi connectivity index (χ1n) is 17.2. The molecule has 0 saturated heterocycles. The van der Waals surface area contributed by atoms with Crippen molar-refractivity contribution in [2.75, 3.05) is 4.90 Å². The zero-order valence-corrected chi connectivity index (χ0v) is 28.0. The SMILES string of the molecule is Cc1ccc(-n2c3ccccc3c3cc(-c4ccc5c(c4)c4ccccc4n5-c4ccc(N5C(=O)c6ccccc6C5=O)cc4C#N)ccc32)cc1. The van der Waals surface area contributed by atoms with E-state index in [0.29, 0.717) is 28.1 Å². The number of aryl methyl sites for hydroxylation is 1. The van der Waals surface area contributed by atoms with Crippen molar-refractivity contribution >= 4 is 61.1 Å². The Balaban J connectivity index is 1.11. The topological polar surface area (TPSA) is 71.0 Å². The number of hydrogen-bond acceptors (Lipinski definition) is 3. The maximum absolute atomic E-state index is 13.2. The van der Waals surface area contributed by atoms with Gasteiger partial charge in [0.05, 0.1) is 50.1 Å². The van der Waals surface area contributed by atoms with Crippen LogP contribution in [0.2, 0.25) is 0 Å². The summed E-state index contributed by atoms with van der Waals surface area (Å²) in [5, 5.41) is 14.9. The van der Waals surface area contributed by atoms with Gasteiger partial charge < -0.3 is 9.13 Å². The van der Waals surface area contributed by atoms with Gasteiger partial charge in [-0.15, -0.1) is 0 Å². The second-order valence-electron chi connectivity index (χ2n) is 13.3. The lowest BCUT2D eigenvalue weighted by Gasteiger charge is -2.17. The largest absolute Gasteiger partial charge is 0.309 e.